The summed E-state index contributed by atoms with van der Waals surface area (Å²) in [6.07, 6.45) is -0.941. The molecule has 5 nitrogen and oxygen atoms in total. The number of amides is 1. The van der Waals surface area contributed by atoms with Crippen LogP contribution < -0.4 is 0 Å². The van der Waals surface area contributed by atoms with E-state index in [2.05, 4.69) is 15.9 Å². The van der Waals surface area contributed by atoms with Gasteiger partial charge in [-0.05, 0) is 31.5 Å². The number of ether oxygens (including phenoxy) is 1. The normalized spacial score (nSPS) is 19.4. The van der Waals surface area contributed by atoms with E-state index in [0.29, 0.717) is 6.54 Å². The lowest BCUT2D eigenvalue weighted by Crippen LogP contribution is -2.53. The molecule has 1 aromatic carbocycles. The molecule has 0 bridgehead atoms. The van der Waals surface area contributed by atoms with Crippen LogP contribution in [0.1, 0.15) is 19.4 Å². The van der Waals surface area contributed by atoms with Crippen molar-refractivity contribution in [2.24, 2.45) is 0 Å². The summed E-state index contributed by atoms with van der Waals surface area (Å²) < 4.78 is 6.11. The Morgan fingerprint density at radius 2 is 1.95 bits per heavy atom. The molecular formula is C15H18BrNO4. The average Bonchev–Trinajstić information content (AvgIpc) is 2.47. The van der Waals surface area contributed by atoms with E-state index in [1.54, 1.807) is 4.90 Å². The second-order valence-electron chi connectivity index (χ2n) is 5.58. The maximum Gasteiger partial charge on any atom is 0.334 e. The summed E-state index contributed by atoms with van der Waals surface area (Å²) in [6, 6.07) is 7.58. The zero-order chi connectivity index (χ0) is 15.6. The molecule has 0 spiro atoms. The van der Waals surface area contributed by atoms with Crippen molar-refractivity contribution in [3.63, 3.8) is 0 Å². The summed E-state index contributed by atoms with van der Waals surface area (Å²) in [5.74, 6) is -1.12. The van der Waals surface area contributed by atoms with E-state index in [-0.39, 0.29) is 19.1 Å². The van der Waals surface area contributed by atoms with Gasteiger partial charge in [0.2, 0.25) is 5.91 Å². The van der Waals surface area contributed by atoms with Gasteiger partial charge in [0.25, 0.3) is 0 Å². The Morgan fingerprint density at radius 1 is 1.33 bits per heavy atom. The fraction of sp³-hybridized carbons (Fsp3) is 0.467. The molecule has 1 N–H and O–H groups in total. The van der Waals surface area contributed by atoms with Crippen molar-refractivity contribution in [3.8, 4) is 0 Å². The van der Waals surface area contributed by atoms with Crippen molar-refractivity contribution >= 4 is 27.8 Å². The lowest BCUT2D eigenvalue weighted by atomic mass is 9.83. The van der Waals surface area contributed by atoms with Crippen molar-refractivity contribution in [1.29, 1.82) is 0 Å². The average molecular weight is 356 g/mol. The topological polar surface area (TPSA) is 66.8 Å². The van der Waals surface area contributed by atoms with Gasteiger partial charge in [-0.25, -0.2) is 4.79 Å². The molecule has 1 unspecified atom stereocenters. The van der Waals surface area contributed by atoms with E-state index < -0.39 is 17.5 Å². The number of morpholine rings is 1. The van der Waals surface area contributed by atoms with E-state index in [4.69, 9.17) is 9.84 Å². The lowest BCUT2D eigenvalue weighted by molar-refractivity contribution is -0.160. The first-order valence-corrected chi connectivity index (χ1v) is 7.51. The molecule has 1 aliphatic rings. The van der Waals surface area contributed by atoms with Crippen molar-refractivity contribution in [2.45, 2.75) is 25.4 Å². The van der Waals surface area contributed by atoms with Crippen LogP contribution in [-0.4, -0.2) is 47.7 Å². The van der Waals surface area contributed by atoms with Gasteiger partial charge in [0.15, 0.2) is 6.10 Å². The summed E-state index contributed by atoms with van der Waals surface area (Å²) in [7, 11) is 0. The molecule has 21 heavy (non-hydrogen) atoms. The number of carbonyl (C=O) groups excluding carboxylic acids is 1. The van der Waals surface area contributed by atoms with E-state index in [1.165, 1.54) is 0 Å². The van der Waals surface area contributed by atoms with Crippen LogP contribution in [0, 0.1) is 0 Å². The monoisotopic (exact) mass is 355 g/mol. The number of hydrogen-bond acceptors (Lipinski definition) is 3. The third-order valence-electron chi connectivity index (χ3n) is 3.73. The molecule has 1 atom stereocenters. The maximum atomic E-state index is 12.7. The Hall–Kier alpha value is -1.40. The Labute approximate surface area is 132 Å². The highest BCUT2D eigenvalue weighted by molar-refractivity contribution is 9.10. The zero-order valence-corrected chi connectivity index (χ0v) is 13.6. The Morgan fingerprint density at radius 3 is 2.52 bits per heavy atom. The van der Waals surface area contributed by atoms with E-state index in [1.807, 2.05) is 38.1 Å². The number of halogens is 1. The van der Waals surface area contributed by atoms with Crippen molar-refractivity contribution < 1.29 is 19.4 Å². The minimum absolute atomic E-state index is 0.0839. The highest BCUT2D eigenvalue weighted by Crippen LogP contribution is 2.28. The Bertz CT molecular complexity index is 541. The Kier molecular flexibility index (Phi) is 4.68. The van der Waals surface area contributed by atoms with Crippen molar-refractivity contribution in [2.75, 3.05) is 19.7 Å². The quantitative estimate of drug-likeness (QED) is 0.900. The van der Waals surface area contributed by atoms with Crippen LogP contribution in [0.2, 0.25) is 0 Å². The van der Waals surface area contributed by atoms with Gasteiger partial charge in [-0.2, -0.15) is 0 Å². The lowest BCUT2D eigenvalue weighted by Gasteiger charge is -2.36. The predicted octanol–water partition coefficient (Wildman–Crippen LogP) is 2.04. The highest BCUT2D eigenvalue weighted by atomic mass is 79.9. The van der Waals surface area contributed by atoms with Crippen LogP contribution in [0.3, 0.4) is 0 Å². The first kappa shape index (κ1) is 16.0. The van der Waals surface area contributed by atoms with Gasteiger partial charge < -0.3 is 14.7 Å². The third kappa shape index (κ3) is 3.44. The van der Waals surface area contributed by atoms with Crippen molar-refractivity contribution in [1.82, 2.24) is 4.90 Å². The standard InChI is InChI=1S/C15H18BrNO4/c1-15(2,10-3-5-11(16)6-4-10)14(20)17-7-8-21-12(9-17)13(18)19/h3-6,12H,7-9H2,1-2H3,(H,18,19). The van der Waals surface area contributed by atoms with Crippen molar-refractivity contribution in [3.05, 3.63) is 34.3 Å². The molecule has 1 aromatic rings. The Balaban J connectivity index is 2.17. The van der Waals surface area contributed by atoms with Gasteiger partial charge in [-0.15, -0.1) is 0 Å². The van der Waals surface area contributed by atoms with Gasteiger partial charge in [0.05, 0.1) is 18.6 Å². The fourth-order valence-corrected chi connectivity index (χ4v) is 2.63. The van der Waals surface area contributed by atoms with Crippen LogP contribution in [0.5, 0.6) is 0 Å². The zero-order valence-electron chi connectivity index (χ0n) is 12.0. The molecule has 114 valence electrons. The molecule has 6 heteroatoms. The van der Waals surface area contributed by atoms with E-state index >= 15 is 0 Å². The molecule has 1 fully saturated rings. The number of carboxylic acids is 1. The van der Waals surface area contributed by atoms with Gasteiger partial charge >= 0.3 is 5.97 Å². The molecular weight excluding hydrogens is 338 g/mol. The van der Waals surface area contributed by atoms with Crippen LogP contribution in [0.15, 0.2) is 28.7 Å². The first-order valence-electron chi connectivity index (χ1n) is 6.72. The second-order valence-corrected chi connectivity index (χ2v) is 6.50. The van der Waals surface area contributed by atoms with Crippen LogP contribution in [0.25, 0.3) is 0 Å². The molecule has 1 amide bonds. The van der Waals surface area contributed by atoms with Crippen LogP contribution in [0.4, 0.5) is 0 Å². The van der Waals surface area contributed by atoms with Crippen LogP contribution in [-0.2, 0) is 19.7 Å². The molecule has 2 rings (SSSR count). The largest absolute Gasteiger partial charge is 0.479 e. The number of hydrogen-bond donors (Lipinski definition) is 1. The summed E-state index contributed by atoms with van der Waals surface area (Å²) in [5.41, 5.74) is 0.190. The third-order valence-corrected chi connectivity index (χ3v) is 4.26. The summed E-state index contributed by atoms with van der Waals surface area (Å²) >= 11 is 3.37. The number of aliphatic carboxylic acids is 1. The predicted molar refractivity (Wildman–Crippen MR) is 81.1 cm³/mol. The number of rotatable bonds is 3. The SMILES string of the molecule is CC(C)(C(=O)N1CCOC(C(=O)O)C1)c1ccc(Br)cc1. The minimum Gasteiger partial charge on any atom is -0.479 e. The fourth-order valence-electron chi connectivity index (χ4n) is 2.37. The molecule has 0 aliphatic carbocycles. The van der Waals surface area contributed by atoms with E-state index in [9.17, 15) is 9.59 Å². The van der Waals surface area contributed by atoms with Crippen LogP contribution >= 0.6 is 15.9 Å². The van der Waals surface area contributed by atoms with Gasteiger partial charge in [-0.3, -0.25) is 4.79 Å². The first-order chi connectivity index (χ1) is 9.82. The number of nitrogens with zero attached hydrogens (tertiary/aromatic N) is 1. The summed E-state index contributed by atoms with van der Waals surface area (Å²) in [5, 5.41) is 9.02. The molecule has 1 aliphatic heterocycles. The smallest absolute Gasteiger partial charge is 0.334 e. The highest BCUT2D eigenvalue weighted by Gasteiger charge is 2.37. The minimum atomic E-state index is -1.03. The maximum absolute atomic E-state index is 12.7. The van der Waals surface area contributed by atoms with E-state index in [0.717, 1.165) is 10.0 Å². The molecule has 0 saturated carbocycles. The van der Waals surface area contributed by atoms with Gasteiger partial charge in [0, 0.05) is 11.0 Å². The molecule has 1 heterocycles. The number of carbonyl (C=O) groups is 2. The summed E-state index contributed by atoms with van der Waals surface area (Å²) in [6.45, 7) is 4.46. The number of benzene rings is 1. The van der Waals surface area contributed by atoms with Gasteiger partial charge in [-0.1, -0.05) is 28.1 Å². The van der Waals surface area contributed by atoms with Gasteiger partial charge in [0.1, 0.15) is 0 Å². The molecule has 0 radical (unpaired) electrons. The summed E-state index contributed by atoms with van der Waals surface area (Å²) in [4.78, 5) is 25.3. The molecule has 1 saturated heterocycles. The number of carboxylic acid groups (broad SMARTS) is 1. The second kappa shape index (κ2) is 6.15. The molecule has 0 aromatic heterocycles.